The van der Waals surface area contributed by atoms with Crippen LogP contribution >= 0.6 is 0 Å². The van der Waals surface area contributed by atoms with E-state index in [9.17, 15) is 35.1 Å². The van der Waals surface area contributed by atoms with Gasteiger partial charge in [0, 0.05) is 6.42 Å². The first kappa shape index (κ1) is 74.4. The molecule has 11 heteroatoms. The van der Waals surface area contributed by atoms with Crippen molar-refractivity contribution >= 4 is 11.9 Å². The van der Waals surface area contributed by atoms with Gasteiger partial charge in [-0.15, -0.1) is 0 Å². The molecule has 6 N–H and O–H groups in total. The van der Waals surface area contributed by atoms with Crippen LogP contribution in [0.5, 0.6) is 0 Å². The molecule has 0 bridgehead atoms. The first-order valence-electron chi connectivity index (χ1n) is 33.1. The number of amides is 1. The Morgan fingerprint density at radius 3 is 1.33 bits per heavy atom. The summed E-state index contributed by atoms with van der Waals surface area (Å²) in [5, 5.41) is 57.0. The smallest absolute Gasteiger partial charge is 0.306 e. The van der Waals surface area contributed by atoms with Gasteiger partial charge in [-0.1, -0.05) is 281 Å². The summed E-state index contributed by atoms with van der Waals surface area (Å²) in [6.45, 7) is 5.77. The van der Waals surface area contributed by atoms with Gasteiger partial charge in [0.2, 0.25) is 5.91 Å². The molecule has 460 valence electrons. The molecule has 0 aromatic heterocycles. The van der Waals surface area contributed by atoms with E-state index in [1.807, 2.05) is 6.08 Å². The van der Waals surface area contributed by atoms with Crippen molar-refractivity contribution < 1.29 is 49.3 Å². The summed E-state index contributed by atoms with van der Waals surface area (Å²) in [5.74, 6) is -1.21. The van der Waals surface area contributed by atoms with E-state index in [2.05, 4.69) is 74.7 Å². The second kappa shape index (κ2) is 55.9. The van der Waals surface area contributed by atoms with Crippen molar-refractivity contribution in [1.82, 2.24) is 5.32 Å². The van der Waals surface area contributed by atoms with Crippen molar-refractivity contribution in [1.29, 1.82) is 0 Å². The van der Waals surface area contributed by atoms with E-state index >= 15 is 0 Å². The van der Waals surface area contributed by atoms with E-state index in [1.165, 1.54) is 167 Å². The summed E-state index contributed by atoms with van der Waals surface area (Å²) in [4.78, 5) is 26.6. The van der Waals surface area contributed by atoms with Crippen LogP contribution in [-0.4, -0.2) is 99.6 Å². The number of ether oxygens (including phenoxy) is 3. The molecule has 79 heavy (non-hydrogen) atoms. The van der Waals surface area contributed by atoms with Gasteiger partial charge in [-0.2, -0.15) is 0 Å². The molecule has 1 aliphatic heterocycles. The fraction of sp³-hybridized carbons (Fsp3) is 0.824. The minimum absolute atomic E-state index is 0.124. The highest BCUT2D eigenvalue weighted by atomic mass is 16.7. The van der Waals surface area contributed by atoms with Crippen LogP contribution in [0, 0.1) is 0 Å². The molecule has 11 nitrogen and oxygen atoms in total. The van der Waals surface area contributed by atoms with Gasteiger partial charge in [0.05, 0.1) is 25.4 Å². The predicted octanol–water partition coefficient (Wildman–Crippen LogP) is 16.2. The van der Waals surface area contributed by atoms with Crippen LogP contribution in [0.2, 0.25) is 0 Å². The van der Waals surface area contributed by atoms with Gasteiger partial charge in [0.1, 0.15) is 24.4 Å². The number of allylic oxidation sites excluding steroid dienone is 9. The molecule has 0 aromatic rings. The van der Waals surface area contributed by atoms with Gasteiger partial charge in [-0.05, 0) is 70.6 Å². The van der Waals surface area contributed by atoms with Gasteiger partial charge >= 0.3 is 5.97 Å². The van der Waals surface area contributed by atoms with Crippen LogP contribution in [0.1, 0.15) is 297 Å². The Morgan fingerprint density at radius 1 is 0.494 bits per heavy atom. The topological polar surface area (TPSA) is 175 Å². The lowest BCUT2D eigenvalue weighted by molar-refractivity contribution is -0.305. The van der Waals surface area contributed by atoms with Crippen LogP contribution in [0.3, 0.4) is 0 Å². The maximum atomic E-state index is 13.4. The number of unbranched alkanes of at least 4 members (excludes halogenated alkanes) is 34. The van der Waals surface area contributed by atoms with Gasteiger partial charge in [0.25, 0.3) is 0 Å². The maximum absolute atomic E-state index is 13.4. The second-order valence-electron chi connectivity index (χ2n) is 22.9. The number of carbonyl (C=O) groups is 2. The van der Waals surface area contributed by atoms with E-state index in [0.717, 1.165) is 83.5 Å². The summed E-state index contributed by atoms with van der Waals surface area (Å²) < 4.78 is 17.6. The van der Waals surface area contributed by atoms with E-state index in [4.69, 9.17) is 14.2 Å². The molecule has 1 aliphatic rings. The summed E-state index contributed by atoms with van der Waals surface area (Å²) in [6.07, 6.45) is 59.7. The molecule has 1 rings (SSSR count). The van der Waals surface area contributed by atoms with E-state index in [1.54, 1.807) is 6.08 Å². The first-order valence-corrected chi connectivity index (χ1v) is 33.1. The molecular formula is C68H123NO10. The zero-order valence-corrected chi connectivity index (χ0v) is 51.0. The van der Waals surface area contributed by atoms with Crippen molar-refractivity contribution in [2.45, 2.75) is 346 Å². The second-order valence-corrected chi connectivity index (χ2v) is 22.9. The van der Waals surface area contributed by atoms with E-state index in [0.29, 0.717) is 12.8 Å². The van der Waals surface area contributed by atoms with Crippen molar-refractivity contribution in [3.8, 4) is 0 Å². The number of esters is 1. The predicted molar refractivity (Wildman–Crippen MR) is 329 cm³/mol. The fourth-order valence-electron chi connectivity index (χ4n) is 10.2. The maximum Gasteiger partial charge on any atom is 0.306 e. The quantitative estimate of drug-likeness (QED) is 0.0195. The summed E-state index contributed by atoms with van der Waals surface area (Å²) >= 11 is 0. The molecule has 1 heterocycles. The van der Waals surface area contributed by atoms with Crippen molar-refractivity contribution in [3.63, 3.8) is 0 Å². The number of hydrogen-bond donors (Lipinski definition) is 6. The molecule has 0 saturated carbocycles. The number of hydrogen-bond acceptors (Lipinski definition) is 10. The van der Waals surface area contributed by atoms with E-state index in [-0.39, 0.29) is 19.4 Å². The molecule has 1 amide bonds. The van der Waals surface area contributed by atoms with E-state index < -0.39 is 67.4 Å². The Morgan fingerprint density at radius 2 is 0.873 bits per heavy atom. The average Bonchev–Trinajstić information content (AvgIpc) is 3.45. The SMILES string of the molecule is CCCCC/C=C\C/C=C\C/C=C\C/C=C\CCCCCCC(O)C(=O)NC(COC1OC(CO)C(O)C(O)C1OC(=O)CCCCCCCCCCCCCCCCCCCCC)C(O)/C=C/CCCCCCCCCCC. The van der Waals surface area contributed by atoms with Crippen LogP contribution in [0.15, 0.2) is 60.8 Å². The Hall–Kier alpha value is -2.64. The molecule has 8 unspecified atom stereocenters. The Bertz CT molecular complexity index is 1510. The zero-order chi connectivity index (χ0) is 57.5. The lowest BCUT2D eigenvalue weighted by atomic mass is 9.99. The number of nitrogens with one attached hydrogen (secondary N) is 1. The molecule has 8 atom stereocenters. The third-order valence-corrected chi connectivity index (χ3v) is 15.4. The molecule has 0 aliphatic carbocycles. The lowest BCUT2D eigenvalue weighted by Gasteiger charge is -2.41. The van der Waals surface area contributed by atoms with Crippen LogP contribution in [0.25, 0.3) is 0 Å². The van der Waals surface area contributed by atoms with Crippen LogP contribution < -0.4 is 5.32 Å². The largest absolute Gasteiger partial charge is 0.454 e. The molecule has 1 saturated heterocycles. The fourth-order valence-corrected chi connectivity index (χ4v) is 10.2. The summed E-state index contributed by atoms with van der Waals surface area (Å²) in [5.41, 5.74) is 0. The molecule has 0 spiro atoms. The monoisotopic (exact) mass is 1110 g/mol. The minimum Gasteiger partial charge on any atom is -0.454 e. The van der Waals surface area contributed by atoms with Crippen LogP contribution in [0.4, 0.5) is 0 Å². The molecular weight excluding hydrogens is 991 g/mol. The van der Waals surface area contributed by atoms with Gasteiger partial charge < -0.3 is 45.1 Å². The Kier molecular flexibility index (Phi) is 52.6. The number of aliphatic hydroxyl groups is 5. The van der Waals surface area contributed by atoms with Crippen LogP contribution in [-0.2, 0) is 23.8 Å². The van der Waals surface area contributed by atoms with Gasteiger partial charge in [-0.25, -0.2) is 0 Å². The van der Waals surface area contributed by atoms with Gasteiger partial charge in [0.15, 0.2) is 12.4 Å². The van der Waals surface area contributed by atoms with Crippen molar-refractivity contribution in [2.24, 2.45) is 0 Å². The zero-order valence-electron chi connectivity index (χ0n) is 51.0. The number of aliphatic hydroxyl groups excluding tert-OH is 5. The highest BCUT2D eigenvalue weighted by Gasteiger charge is 2.47. The Labute approximate surface area is 484 Å². The highest BCUT2D eigenvalue weighted by Crippen LogP contribution is 2.26. The van der Waals surface area contributed by atoms with Crippen molar-refractivity contribution in [2.75, 3.05) is 13.2 Å². The number of rotatable bonds is 56. The van der Waals surface area contributed by atoms with Gasteiger partial charge in [-0.3, -0.25) is 9.59 Å². The van der Waals surface area contributed by atoms with Crippen molar-refractivity contribution in [3.05, 3.63) is 60.8 Å². The third kappa shape index (κ3) is 43.7. The normalized spacial score (nSPS) is 19.2. The highest BCUT2D eigenvalue weighted by molar-refractivity contribution is 5.80. The average molecular weight is 1110 g/mol. The molecule has 0 aromatic carbocycles. The standard InChI is InChI=1S/C68H123NO10/c1-4-7-10-13-16-19-22-24-26-28-30-32-33-35-37-40-43-46-49-52-55-61(72)67(76)69-59(60(71)54-51-48-45-42-39-21-18-15-12-9-6-3)58-77-68-66(65(75)64(74)62(57-70)78-68)79-63(73)56-53-50-47-44-41-38-36-34-31-29-27-25-23-20-17-14-11-8-5-2/h16,19,24,26,30,32,35,37,51,54,59-62,64-66,68,70-72,74-75H,4-15,17-18,20-23,25,27-29,31,33-34,36,38-50,52-53,55-58H2,1-3H3,(H,69,76)/b19-16-,26-24-,32-30-,37-35-,54-51+. The minimum atomic E-state index is -1.62. The number of carbonyl (C=O) groups excluding carboxylic acids is 2. The summed E-state index contributed by atoms with van der Waals surface area (Å²) in [6, 6.07) is -1.03. The Balaban J connectivity index is 2.64. The summed E-state index contributed by atoms with van der Waals surface area (Å²) in [7, 11) is 0. The first-order chi connectivity index (χ1) is 38.7. The molecule has 0 radical (unpaired) electrons. The lowest BCUT2D eigenvalue weighted by Crippen LogP contribution is -2.61. The molecule has 1 fully saturated rings. The third-order valence-electron chi connectivity index (χ3n) is 15.4.